The number of amides is 1. The average molecular weight is 187 g/mol. The van der Waals surface area contributed by atoms with Gasteiger partial charge < -0.3 is 14.4 Å². The zero-order valence-corrected chi connectivity index (χ0v) is 8.12. The largest absolute Gasteiger partial charge is 0.449 e. The number of rotatable bonds is 3. The summed E-state index contributed by atoms with van der Waals surface area (Å²) in [5, 5.41) is 0. The van der Waals surface area contributed by atoms with Crippen LogP contribution in [0, 0.1) is 0 Å². The summed E-state index contributed by atoms with van der Waals surface area (Å²) in [6, 6.07) is 0. The van der Waals surface area contributed by atoms with Crippen molar-refractivity contribution in [3.63, 3.8) is 0 Å². The number of carbonyl (C=O) groups is 1. The number of hydrogen-bond donors (Lipinski definition) is 0. The number of carbonyl (C=O) groups excluding carboxylic acids is 1. The highest BCUT2D eigenvalue weighted by Crippen LogP contribution is 2.00. The van der Waals surface area contributed by atoms with E-state index < -0.39 is 0 Å². The van der Waals surface area contributed by atoms with Gasteiger partial charge in [-0.3, -0.25) is 0 Å². The lowest BCUT2D eigenvalue weighted by Gasteiger charge is -2.25. The van der Waals surface area contributed by atoms with Gasteiger partial charge in [-0.1, -0.05) is 13.3 Å². The zero-order valence-electron chi connectivity index (χ0n) is 8.12. The van der Waals surface area contributed by atoms with Gasteiger partial charge in [-0.15, -0.1) is 0 Å². The minimum atomic E-state index is -0.197. The van der Waals surface area contributed by atoms with E-state index in [4.69, 9.17) is 9.47 Å². The van der Waals surface area contributed by atoms with Crippen LogP contribution in [-0.2, 0) is 9.47 Å². The Hall–Kier alpha value is -0.770. The highest BCUT2D eigenvalue weighted by atomic mass is 16.6. The average Bonchev–Trinajstić information content (AvgIpc) is 2.19. The van der Waals surface area contributed by atoms with Crippen LogP contribution in [0.2, 0.25) is 0 Å². The van der Waals surface area contributed by atoms with E-state index in [9.17, 15) is 4.79 Å². The molecule has 0 saturated carbocycles. The van der Waals surface area contributed by atoms with Crippen molar-refractivity contribution in [2.75, 3.05) is 32.9 Å². The number of nitrogens with zero attached hydrogens (tertiary/aromatic N) is 1. The molecule has 1 fully saturated rings. The molecule has 1 amide bonds. The van der Waals surface area contributed by atoms with Gasteiger partial charge in [0.2, 0.25) is 0 Å². The van der Waals surface area contributed by atoms with E-state index in [0.29, 0.717) is 32.9 Å². The van der Waals surface area contributed by atoms with Gasteiger partial charge in [0.05, 0.1) is 19.8 Å². The van der Waals surface area contributed by atoms with Crippen LogP contribution >= 0.6 is 0 Å². The molecule has 76 valence electrons. The monoisotopic (exact) mass is 187 g/mol. The summed E-state index contributed by atoms with van der Waals surface area (Å²) < 4.78 is 10.2. The predicted octanol–water partition coefficient (Wildman–Crippen LogP) is 1.26. The molecule has 4 heteroatoms. The van der Waals surface area contributed by atoms with Gasteiger partial charge in [0.25, 0.3) is 0 Å². The third-order valence-electron chi connectivity index (χ3n) is 1.99. The molecule has 1 aliphatic heterocycles. The van der Waals surface area contributed by atoms with E-state index in [1.807, 2.05) is 0 Å². The second-order valence-electron chi connectivity index (χ2n) is 3.07. The van der Waals surface area contributed by atoms with Crippen molar-refractivity contribution in [3.8, 4) is 0 Å². The topological polar surface area (TPSA) is 38.8 Å². The van der Waals surface area contributed by atoms with Gasteiger partial charge in [-0.25, -0.2) is 4.79 Å². The molecule has 0 spiro atoms. The van der Waals surface area contributed by atoms with Crippen LogP contribution < -0.4 is 0 Å². The lowest BCUT2D eigenvalue weighted by molar-refractivity contribution is 0.0269. The molecule has 13 heavy (non-hydrogen) atoms. The molecule has 1 rings (SSSR count). The van der Waals surface area contributed by atoms with Crippen LogP contribution in [0.3, 0.4) is 0 Å². The lowest BCUT2D eigenvalue weighted by atomic mass is 10.4. The van der Waals surface area contributed by atoms with Crippen LogP contribution in [0.1, 0.15) is 19.8 Å². The number of morpholine rings is 1. The smallest absolute Gasteiger partial charge is 0.409 e. The van der Waals surface area contributed by atoms with Crippen molar-refractivity contribution >= 4 is 6.09 Å². The van der Waals surface area contributed by atoms with Crippen molar-refractivity contribution in [3.05, 3.63) is 0 Å². The summed E-state index contributed by atoms with van der Waals surface area (Å²) in [5.41, 5.74) is 0. The second kappa shape index (κ2) is 5.80. The van der Waals surface area contributed by atoms with Crippen LogP contribution in [0.5, 0.6) is 0 Å². The fraction of sp³-hybridized carbons (Fsp3) is 0.889. The van der Waals surface area contributed by atoms with Crippen LogP contribution in [0.4, 0.5) is 4.79 Å². The number of ether oxygens (including phenoxy) is 2. The van der Waals surface area contributed by atoms with E-state index >= 15 is 0 Å². The molecular weight excluding hydrogens is 170 g/mol. The molecule has 0 N–H and O–H groups in total. The Morgan fingerprint density at radius 2 is 2.15 bits per heavy atom. The summed E-state index contributed by atoms with van der Waals surface area (Å²) in [6.45, 7) is 5.18. The Kier molecular flexibility index (Phi) is 4.60. The molecule has 0 unspecified atom stereocenters. The molecule has 0 aromatic heterocycles. The molecule has 0 bridgehead atoms. The molecule has 1 heterocycles. The number of unbranched alkanes of at least 4 members (excludes halogenated alkanes) is 1. The van der Waals surface area contributed by atoms with E-state index in [0.717, 1.165) is 12.8 Å². The molecule has 0 atom stereocenters. The fourth-order valence-corrected chi connectivity index (χ4v) is 1.14. The standard InChI is InChI=1S/C9H17NO3/c1-2-3-6-13-9(11)10-4-7-12-8-5-10/h2-8H2,1H3. The van der Waals surface area contributed by atoms with Crippen LogP contribution in [-0.4, -0.2) is 43.9 Å². The first-order valence-electron chi connectivity index (χ1n) is 4.84. The molecule has 1 saturated heterocycles. The van der Waals surface area contributed by atoms with Gasteiger partial charge in [0.15, 0.2) is 0 Å². The maximum atomic E-state index is 11.3. The quantitative estimate of drug-likeness (QED) is 0.624. The van der Waals surface area contributed by atoms with Gasteiger partial charge in [0, 0.05) is 13.1 Å². The SMILES string of the molecule is CCCCOC(=O)N1CCOCC1. The van der Waals surface area contributed by atoms with E-state index in [-0.39, 0.29) is 6.09 Å². The zero-order chi connectivity index (χ0) is 9.52. The molecular formula is C9H17NO3. The molecule has 4 nitrogen and oxygen atoms in total. The summed E-state index contributed by atoms with van der Waals surface area (Å²) in [4.78, 5) is 13.0. The summed E-state index contributed by atoms with van der Waals surface area (Å²) >= 11 is 0. The minimum Gasteiger partial charge on any atom is -0.449 e. The first-order valence-corrected chi connectivity index (χ1v) is 4.84. The second-order valence-corrected chi connectivity index (χ2v) is 3.07. The summed E-state index contributed by atoms with van der Waals surface area (Å²) in [6.07, 6.45) is 1.80. The van der Waals surface area contributed by atoms with Crippen LogP contribution in [0.15, 0.2) is 0 Å². The molecule has 0 aliphatic carbocycles. The van der Waals surface area contributed by atoms with Gasteiger partial charge in [0.1, 0.15) is 0 Å². The first-order chi connectivity index (χ1) is 6.34. The van der Waals surface area contributed by atoms with Gasteiger partial charge >= 0.3 is 6.09 Å². The molecule has 1 aliphatic rings. The highest BCUT2D eigenvalue weighted by molar-refractivity contribution is 5.67. The molecule has 0 aromatic rings. The summed E-state index contributed by atoms with van der Waals surface area (Å²) in [7, 11) is 0. The number of hydrogen-bond acceptors (Lipinski definition) is 3. The normalized spacial score (nSPS) is 17.2. The van der Waals surface area contributed by atoms with Crippen molar-refractivity contribution in [1.82, 2.24) is 4.90 Å². The van der Waals surface area contributed by atoms with Crippen molar-refractivity contribution < 1.29 is 14.3 Å². The van der Waals surface area contributed by atoms with Crippen molar-refractivity contribution in [1.29, 1.82) is 0 Å². The third kappa shape index (κ3) is 3.63. The molecule has 0 radical (unpaired) electrons. The Balaban J connectivity index is 2.13. The predicted molar refractivity (Wildman–Crippen MR) is 48.6 cm³/mol. The maximum Gasteiger partial charge on any atom is 0.409 e. The fourth-order valence-electron chi connectivity index (χ4n) is 1.14. The Morgan fingerprint density at radius 3 is 2.77 bits per heavy atom. The third-order valence-corrected chi connectivity index (χ3v) is 1.99. The Labute approximate surface area is 78.8 Å². The first kappa shape index (κ1) is 10.3. The highest BCUT2D eigenvalue weighted by Gasteiger charge is 2.17. The summed E-state index contributed by atoms with van der Waals surface area (Å²) in [5.74, 6) is 0. The minimum absolute atomic E-state index is 0.197. The van der Waals surface area contributed by atoms with Crippen molar-refractivity contribution in [2.24, 2.45) is 0 Å². The van der Waals surface area contributed by atoms with E-state index in [1.54, 1.807) is 4.90 Å². The Bertz CT molecular complexity index is 155. The van der Waals surface area contributed by atoms with Gasteiger partial charge in [-0.05, 0) is 6.42 Å². The maximum absolute atomic E-state index is 11.3. The van der Waals surface area contributed by atoms with Gasteiger partial charge in [-0.2, -0.15) is 0 Å². The van der Waals surface area contributed by atoms with Crippen molar-refractivity contribution in [2.45, 2.75) is 19.8 Å². The lowest BCUT2D eigenvalue weighted by Crippen LogP contribution is -2.41. The van der Waals surface area contributed by atoms with E-state index in [2.05, 4.69) is 6.92 Å². The van der Waals surface area contributed by atoms with Crippen LogP contribution in [0.25, 0.3) is 0 Å². The Morgan fingerprint density at radius 1 is 1.46 bits per heavy atom. The van der Waals surface area contributed by atoms with E-state index in [1.165, 1.54) is 0 Å². The molecule has 0 aromatic carbocycles.